The molecule has 2 aliphatic rings. The number of carbonyl (C=O) groups excluding carboxylic acids is 1. The van der Waals surface area contributed by atoms with Gasteiger partial charge in [-0.25, -0.2) is 0 Å². The first-order chi connectivity index (χ1) is 12.4. The van der Waals surface area contributed by atoms with Crippen molar-refractivity contribution in [1.82, 2.24) is 0 Å². The summed E-state index contributed by atoms with van der Waals surface area (Å²) >= 11 is 0. The molecular formula is C24H42O3. The molecule has 3 heteroatoms. The van der Waals surface area contributed by atoms with Crippen LogP contribution in [-0.4, -0.2) is 17.7 Å². The molecule has 27 heavy (non-hydrogen) atoms. The van der Waals surface area contributed by atoms with Crippen molar-refractivity contribution in [3.8, 4) is 0 Å². The van der Waals surface area contributed by atoms with Gasteiger partial charge < -0.3 is 9.47 Å². The fourth-order valence-electron chi connectivity index (χ4n) is 5.10. The third-order valence-electron chi connectivity index (χ3n) is 7.00. The van der Waals surface area contributed by atoms with Crippen LogP contribution in [0.15, 0.2) is 12.3 Å². The molecule has 0 aromatic heterocycles. The molecule has 0 N–H and O–H groups in total. The van der Waals surface area contributed by atoms with Gasteiger partial charge in [-0.3, -0.25) is 4.79 Å². The molecule has 1 aliphatic heterocycles. The van der Waals surface area contributed by atoms with Crippen LogP contribution in [-0.2, 0) is 14.3 Å². The highest BCUT2D eigenvalue weighted by Crippen LogP contribution is 2.46. The molecule has 0 aromatic rings. The van der Waals surface area contributed by atoms with Crippen LogP contribution < -0.4 is 0 Å². The molecule has 5 unspecified atom stereocenters. The number of ether oxygens (including phenoxy) is 2. The highest BCUT2D eigenvalue weighted by molar-refractivity contribution is 5.74. The molecule has 2 rings (SSSR count). The van der Waals surface area contributed by atoms with Gasteiger partial charge in [-0.15, -0.1) is 0 Å². The smallest absolute Gasteiger partial charge is 0.309 e. The number of hydrogen-bond donors (Lipinski definition) is 0. The lowest BCUT2D eigenvalue weighted by atomic mass is 9.71. The Morgan fingerprint density at radius 1 is 1.22 bits per heavy atom. The SMILES string of the molecule is C=C(OC1CC(C)(CC)OC(=O)C2CCCCC12)C(C)(CC)CC(C)(C)C. The zero-order valence-electron chi connectivity index (χ0n) is 18.8. The number of hydrogen-bond acceptors (Lipinski definition) is 3. The Hall–Kier alpha value is -0.990. The fourth-order valence-corrected chi connectivity index (χ4v) is 5.10. The van der Waals surface area contributed by atoms with Gasteiger partial charge in [0.1, 0.15) is 11.7 Å². The Morgan fingerprint density at radius 2 is 1.85 bits per heavy atom. The molecule has 5 atom stereocenters. The highest BCUT2D eigenvalue weighted by atomic mass is 16.6. The van der Waals surface area contributed by atoms with Crippen LogP contribution >= 0.6 is 0 Å². The molecule has 0 aromatic carbocycles. The number of cyclic esters (lactones) is 1. The normalized spacial score (nSPS) is 34.0. The Bertz CT molecular complexity index is 546. The Labute approximate surface area is 167 Å². The van der Waals surface area contributed by atoms with Crippen LogP contribution in [0.2, 0.25) is 0 Å². The number of carbonyl (C=O) groups is 1. The van der Waals surface area contributed by atoms with E-state index in [-0.39, 0.29) is 34.7 Å². The molecule has 1 heterocycles. The maximum absolute atomic E-state index is 12.8. The van der Waals surface area contributed by atoms with Gasteiger partial charge in [-0.05, 0) is 44.4 Å². The molecule has 156 valence electrons. The first kappa shape index (κ1) is 22.3. The van der Waals surface area contributed by atoms with Gasteiger partial charge in [-0.1, -0.05) is 61.0 Å². The average Bonchev–Trinajstić information content (AvgIpc) is 2.69. The summed E-state index contributed by atoms with van der Waals surface area (Å²) in [5, 5.41) is 0. The molecular weight excluding hydrogens is 336 g/mol. The van der Waals surface area contributed by atoms with Crippen molar-refractivity contribution in [3.05, 3.63) is 12.3 Å². The van der Waals surface area contributed by atoms with Crippen molar-refractivity contribution in [1.29, 1.82) is 0 Å². The number of fused-ring (bicyclic) bond motifs is 1. The number of rotatable bonds is 6. The van der Waals surface area contributed by atoms with E-state index >= 15 is 0 Å². The van der Waals surface area contributed by atoms with Crippen molar-refractivity contribution in [2.45, 2.75) is 112 Å². The van der Waals surface area contributed by atoms with Crippen LogP contribution in [0, 0.1) is 22.7 Å². The first-order valence-corrected chi connectivity index (χ1v) is 11.0. The third kappa shape index (κ3) is 5.29. The maximum Gasteiger partial charge on any atom is 0.309 e. The van der Waals surface area contributed by atoms with E-state index in [0.717, 1.165) is 50.7 Å². The lowest BCUT2D eigenvalue weighted by Gasteiger charge is -2.41. The maximum atomic E-state index is 12.8. The second-order valence-electron chi connectivity index (χ2n) is 10.7. The van der Waals surface area contributed by atoms with Gasteiger partial charge >= 0.3 is 5.97 Å². The van der Waals surface area contributed by atoms with E-state index in [1.54, 1.807) is 0 Å². The van der Waals surface area contributed by atoms with Crippen molar-refractivity contribution in [2.75, 3.05) is 0 Å². The van der Waals surface area contributed by atoms with Gasteiger partial charge in [0.25, 0.3) is 0 Å². The summed E-state index contributed by atoms with van der Waals surface area (Å²) in [5.74, 6) is 1.13. The lowest BCUT2D eigenvalue weighted by molar-refractivity contribution is -0.163. The minimum absolute atomic E-state index is 0.00583. The Morgan fingerprint density at radius 3 is 2.41 bits per heavy atom. The van der Waals surface area contributed by atoms with Crippen molar-refractivity contribution < 1.29 is 14.3 Å². The highest BCUT2D eigenvalue weighted by Gasteiger charge is 2.47. The third-order valence-corrected chi connectivity index (χ3v) is 7.00. The molecule has 1 aliphatic carbocycles. The van der Waals surface area contributed by atoms with Crippen LogP contribution in [0.1, 0.15) is 99.8 Å². The molecule has 0 radical (unpaired) electrons. The summed E-state index contributed by atoms with van der Waals surface area (Å²) in [6.45, 7) is 19.9. The van der Waals surface area contributed by atoms with E-state index in [0.29, 0.717) is 0 Å². The van der Waals surface area contributed by atoms with Gasteiger partial charge in [0.2, 0.25) is 0 Å². The van der Waals surface area contributed by atoms with E-state index in [1.807, 2.05) is 0 Å². The number of allylic oxidation sites excluding steroid dienone is 1. The minimum atomic E-state index is -0.438. The molecule has 0 bridgehead atoms. The van der Waals surface area contributed by atoms with Gasteiger partial charge in [0.15, 0.2) is 0 Å². The summed E-state index contributed by atoms with van der Waals surface area (Å²) < 4.78 is 12.6. The Kier molecular flexibility index (Phi) is 6.75. The second kappa shape index (κ2) is 8.17. The van der Waals surface area contributed by atoms with E-state index in [9.17, 15) is 4.79 Å². The fraction of sp³-hybridized carbons (Fsp3) is 0.875. The van der Waals surface area contributed by atoms with E-state index in [2.05, 4.69) is 55.0 Å². The van der Waals surface area contributed by atoms with E-state index in [1.165, 1.54) is 6.42 Å². The largest absolute Gasteiger partial charge is 0.494 e. The monoisotopic (exact) mass is 378 g/mol. The quantitative estimate of drug-likeness (QED) is 0.383. The lowest BCUT2D eigenvalue weighted by Crippen LogP contribution is -2.38. The summed E-state index contributed by atoms with van der Waals surface area (Å²) in [6.07, 6.45) is 7.93. The minimum Gasteiger partial charge on any atom is -0.494 e. The zero-order valence-corrected chi connectivity index (χ0v) is 18.8. The van der Waals surface area contributed by atoms with Crippen molar-refractivity contribution in [3.63, 3.8) is 0 Å². The van der Waals surface area contributed by atoms with Gasteiger partial charge in [0, 0.05) is 17.8 Å². The molecule has 0 amide bonds. The van der Waals surface area contributed by atoms with Crippen molar-refractivity contribution >= 4 is 5.97 Å². The predicted octanol–water partition coefficient (Wildman–Crippen LogP) is 6.66. The molecule has 3 nitrogen and oxygen atoms in total. The topological polar surface area (TPSA) is 35.5 Å². The van der Waals surface area contributed by atoms with Crippen LogP contribution in [0.3, 0.4) is 0 Å². The van der Waals surface area contributed by atoms with Crippen LogP contribution in [0.4, 0.5) is 0 Å². The Balaban J connectivity index is 2.27. The van der Waals surface area contributed by atoms with Crippen LogP contribution in [0.5, 0.6) is 0 Å². The summed E-state index contributed by atoms with van der Waals surface area (Å²) in [7, 11) is 0. The van der Waals surface area contributed by atoms with Crippen LogP contribution in [0.25, 0.3) is 0 Å². The van der Waals surface area contributed by atoms with Gasteiger partial charge in [-0.2, -0.15) is 0 Å². The van der Waals surface area contributed by atoms with E-state index < -0.39 is 5.60 Å². The molecule has 2 fully saturated rings. The first-order valence-electron chi connectivity index (χ1n) is 11.0. The summed E-state index contributed by atoms with van der Waals surface area (Å²) in [6, 6.07) is 0. The number of esters is 1. The zero-order chi connectivity index (χ0) is 20.5. The standard InChI is InChI=1S/C24H42O3/c1-9-23(7,16-22(4,5)6)17(3)26-20-15-24(8,10-2)27-21(25)19-14-12-11-13-18(19)20/h18-20H,3,9-16H2,1-2,4-8H3. The average molecular weight is 379 g/mol. The summed E-state index contributed by atoms with van der Waals surface area (Å²) in [5.41, 5.74) is -0.279. The second-order valence-corrected chi connectivity index (χ2v) is 10.7. The predicted molar refractivity (Wildman–Crippen MR) is 111 cm³/mol. The molecule has 1 saturated heterocycles. The van der Waals surface area contributed by atoms with Crippen molar-refractivity contribution in [2.24, 2.45) is 22.7 Å². The molecule has 1 saturated carbocycles. The molecule has 0 spiro atoms. The summed E-state index contributed by atoms with van der Waals surface area (Å²) in [4.78, 5) is 12.8. The van der Waals surface area contributed by atoms with E-state index in [4.69, 9.17) is 9.47 Å². The van der Waals surface area contributed by atoms with Gasteiger partial charge in [0.05, 0.1) is 11.7 Å².